The molecule has 0 fully saturated rings. The Kier molecular flexibility index (Phi) is 5.82. The average Bonchev–Trinajstić information content (AvgIpc) is 3.34. The van der Waals surface area contributed by atoms with Crippen LogP contribution in [0.4, 0.5) is 10.8 Å². The first-order valence-electron chi connectivity index (χ1n) is 9.07. The Balaban J connectivity index is 1.41. The highest BCUT2D eigenvalue weighted by molar-refractivity contribution is 7.98. The SMILES string of the molecule is COc1ccc(-c2nnc(SCc3csc(Nc4ccccc4C)n3)n2C)cc1. The van der Waals surface area contributed by atoms with Crippen molar-refractivity contribution in [1.29, 1.82) is 0 Å². The van der Waals surface area contributed by atoms with Crippen LogP contribution in [0.15, 0.2) is 59.1 Å². The van der Waals surface area contributed by atoms with Crippen LogP contribution in [0.1, 0.15) is 11.3 Å². The molecule has 8 heteroatoms. The van der Waals surface area contributed by atoms with E-state index in [-0.39, 0.29) is 0 Å². The van der Waals surface area contributed by atoms with Crippen molar-refractivity contribution in [3.63, 3.8) is 0 Å². The Morgan fingerprint density at radius 1 is 1.10 bits per heavy atom. The highest BCUT2D eigenvalue weighted by atomic mass is 32.2. The Hall–Kier alpha value is -2.84. The maximum atomic E-state index is 5.22. The number of para-hydroxylation sites is 1. The lowest BCUT2D eigenvalue weighted by atomic mass is 10.2. The van der Waals surface area contributed by atoms with Gasteiger partial charge in [0, 0.05) is 29.4 Å². The van der Waals surface area contributed by atoms with Gasteiger partial charge in [-0.25, -0.2) is 4.98 Å². The molecule has 29 heavy (non-hydrogen) atoms. The van der Waals surface area contributed by atoms with Gasteiger partial charge in [0.05, 0.1) is 12.8 Å². The third-order valence-corrected chi connectivity index (χ3v) is 6.33. The van der Waals surface area contributed by atoms with E-state index in [1.165, 1.54) is 5.56 Å². The van der Waals surface area contributed by atoms with Gasteiger partial charge in [-0.05, 0) is 42.8 Å². The predicted molar refractivity (Wildman–Crippen MR) is 119 cm³/mol. The second kappa shape index (κ2) is 8.67. The van der Waals surface area contributed by atoms with Crippen molar-refractivity contribution in [1.82, 2.24) is 19.7 Å². The quantitative estimate of drug-likeness (QED) is 0.407. The normalized spacial score (nSPS) is 10.9. The first kappa shape index (κ1) is 19.5. The number of thiazole rings is 1. The van der Waals surface area contributed by atoms with E-state index in [9.17, 15) is 0 Å². The molecule has 148 valence electrons. The molecule has 0 atom stereocenters. The second-order valence-corrected chi connectivity index (χ2v) is 8.27. The maximum absolute atomic E-state index is 5.22. The molecule has 4 aromatic rings. The lowest BCUT2D eigenvalue weighted by molar-refractivity contribution is 0.415. The fraction of sp³-hybridized carbons (Fsp3) is 0.190. The highest BCUT2D eigenvalue weighted by Gasteiger charge is 2.12. The molecule has 1 N–H and O–H groups in total. The number of rotatable bonds is 7. The fourth-order valence-corrected chi connectivity index (χ4v) is 4.46. The molecule has 0 amide bonds. The number of benzene rings is 2. The van der Waals surface area contributed by atoms with Crippen LogP contribution in [0.25, 0.3) is 11.4 Å². The minimum Gasteiger partial charge on any atom is -0.497 e. The number of hydrogen-bond donors (Lipinski definition) is 1. The summed E-state index contributed by atoms with van der Waals surface area (Å²) in [4.78, 5) is 4.69. The smallest absolute Gasteiger partial charge is 0.191 e. The molecule has 0 radical (unpaired) electrons. The van der Waals surface area contributed by atoms with Crippen LogP contribution in [-0.2, 0) is 12.8 Å². The van der Waals surface area contributed by atoms with E-state index in [1.54, 1.807) is 30.2 Å². The van der Waals surface area contributed by atoms with Gasteiger partial charge in [-0.2, -0.15) is 0 Å². The monoisotopic (exact) mass is 423 g/mol. The molecular weight excluding hydrogens is 402 g/mol. The number of nitrogens with one attached hydrogen (secondary N) is 1. The average molecular weight is 424 g/mol. The lowest BCUT2D eigenvalue weighted by Crippen LogP contribution is -1.95. The molecule has 0 aliphatic rings. The first-order chi connectivity index (χ1) is 14.1. The molecule has 0 saturated carbocycles. The van der Waals surface area contributed by atoms with Crippen molar-refractivity contribution in [2.75, 3.05) is 12.4 Å². The number of aromatic nitrogens is 4. The molecule has 2 heterocycles. The lowest BCUT2D eigenvalue weighted by Gasteiger charge is -2.05. The van der Waals surface area contributed by atoms with Crippen LogP contribution in [0.2, 0.25) is 0 Å². The zero-order chi connectivity index (χ0) is 20.2. The van der Waals surface area contributed by atoms with Crippen molar-refractivity contribution >= 4 is 33.9 Å². The summed E-state index contributed by atoms with van der Waals surface area (Å²) in [6.07, 6.45) is 0. The van der Waals surface area contributed by atoms with Gasteiger partial charge in [0.2, 0.25) is 0 Å². The minimum absolute atomic E-state index is 0.737. The van der Waals surface area contributed by atoms with Crippen LogP contribution in [0, 0.1) is 6.92 Å². The van der Waals surface area contributed by atoms with E-state index in [2.05, 4.69) is 40.0 Å². The highest BCUT2D eigenvalue weighted by Crippen LogP contribution is 2.29. The summed E-state index contributed by atoms with van der Waals surface area (Å²) in [6.45, 7) is 2.08. The number of hydrogen-bond acceptors (Lipinski definition) is 7. The molecule has 2 aromatic carbocycles. The van der Waals surface area contributed by atoms with Crippen LogP contribution in [-0.4, -0.2) is 26.9 Å². The summed E-state index contributed by atoms with van der Waals surface area (Å²) in [5, 5.41) is 15.9. The van der Waals surface area contributed by atoms with Crippen molar-refractivity contribution < 1.29 is 4.74 Å². The standard InChI is InChI=1S/C21H21N5OS2/c1-14-6-4-5-7-18(14)23-20-22-16(12-28-20)13-29-21-25-24-19(26(21)2)15-8-10-17(27-3)11-9-15/h4-12H,13H2,1-3H3,(H,22,23). The molecule has 2 aromatic heterocycles. The van der Waals surface area contributed by atoms with E-state index in [0.717, 1.165) is 44.6 Å². The molecular formula is C21H21N5OS2. The first-order valence-corrected chi connectivity index (χ1v) is 10.9. The van der Waals surface area contributed by atoms with E-state index in [4.69, 9.17) is 9.72 Å². The molecule has 0 unspecified atom stereocenters. The zero-order valence-electron chi connectivity index (χ0n) is 16.4. The summed E-state index contributed by atoms with van der Waals surface area (Å²) in [6, 6.07) is 16.0. The van der Waals surface area contributed by atoms with Gasteiger partial charge < -0.3 is 14.6 Å². The van der Waals surface area contributed by atoms with E-state index in [0.29, 0.717) is 0 Å². The summed E-state index contributed by atoms with van der Waals surface area (Å²) >= 11 is 3.23. The second-order valence-electron chi connectivity index (χ2n) is 6.47. The van der Waals surface area contributed by atoms with Crippen molar-refractivity contribution in [3.05, 3.63) is 65.2 Å². The topological polar surface area (TPSA) is 64.9 Å². The summed E-state index contributed by atoms with van der Waals surface area (Å²) in [5.41, 5.74) is 4.30. The van der Waals surface area contributed by atoms with Crippen molar-refractivity contribution in [3.8, 4) is 17.1 Å². The van der Waals surface area contributed by atoms with Crippen LogP contribution < -0.4 is 10.1 Å². The minimum atomic E-state index is 0.737. The Bertz CT molecular complexity index is 1100. The number of nitrogens with zero attached hydrogens (tertiary/aromatic N) is 4. The third-order valence-electron chi connectivity index (χ3n) is 4.47. The van der Waals surface area contributed by atoms with Gasteiger partial charge in [-0.15, -0.1) is 21.5 Å². The maximum Gasteiger partial charge on any atom is 0.191 e. The number of anilines is 2. The van der Waals surface area contributed by atoms with Gasteiger partial charge in [-0.1, -0.05) is 30.0 Å². The van der Waals surface area contributed by atoms with Crippen LogP contribution in [0.5, 0.6) is 5.75 Å². The van der Waals surface area contributed by atoms with Gasteiger partial charge in [0.25, 0.3) is 0 Å². The van der Waals surface area contributed by atoms with E-state index in [1.807, 2.05) is 48.0 Å². The summed E-state index contributed by atoms with van der Waals surface area (Å²) in [7, 11) is 3.64. The Morgan fingerprint density at radius 3 is 2.66 bits per heavy atom. The van der Waals surface area contributed by atoms with Gasteiger partial charge in [0.15, 0.2) is 16.1 Å². The predicted octanol–water partition coefficient (Wildman–Crippen LogP) is 5.29. The number of aryl methyl sites for hydroxylation is 1. The van der Waals surface area contributed by atoms with Gasteiger partial charge in [-0.3, -0.25) is 0 Å². The van der Waals surface area contributed by atoms with Gasteiger partial charge in [0.1, 0.15) is 5.75 Å². The van der Waals surface area contributed by atoms with Crippen LogP contribution >= 0.6 is 23.1 Å². The molecule has 0 saturated heterocycles. The third kappa shape index (κ3) is 4.44. The fourth-order valence-electron chi connectivity index (χ4n) is 2.83. The zero-order valence-corrected chi connectivity index (χ0v) is 18.0. The molecule has 0 aliphatic heterocycles. The number of thioether (sulfide) groups is 1. The number of methoxy groups -OCH3 is 1. The molecule has 4 rings (SSSR count). The molecule has 0 spiro atoms. The Labute approximate surface area is 178 Å². The molecule has 0 bridgehead atoms. The summed E-state index contributed by atoms with van der Waals surface area (Å²) < 4.78 is 7.22. The van der Waals surface area contributed by atoms with Gasteiger partial charge >= 0.3 is 0 Å². The number of ether oxygens (including phenoxy) is 1. The largest absolute Gasteiger partial charge is 0.497 e. The Morgan fingerprint density at radius 2 is 1.90 bits per heavy atom. The van der Waals surface area contributed by atoms with Crippen LogP contribution in [0.3, 0.4) is 0 Å². The van der Waals surface area contributed by atoms with E-state index < -0.39 is 0 Å². The van der Waals surface area contributed by atoms with E-state index >= 15 is 0 Å². The van der Waals surface area contributed by atoms with Crippen molar-refractivity contribution in [2.45, 2.75) is 17.8 Å². The molecule has 6 nitrogen and oxygen atoms in total. The summed E-state index contributed by atoms with van der Waals surface area (Å²) in [5.74, 6) is 2.39. The molecule has 0 aliphatic carbocycles. The van der Waals surface area contributed by atoms with Crippen molar-refractivity contribution in [2.24, 2.45) is 7.05 Å².